The summed E-state index contributed by atoms with van der Waals surface area (Å²) in [6, 6.07) is 3.97. The van der Waals surface area contributed by atoms with E-state index >= 15 is 0 Å². The lowest BCUT2D eigenvalue weighted by atomic mass is 10.2. The largest absolute Gasteiger partial charge is 0.478 e. The Hall–Kier alpha value is -0.650. The van der Waals surface area contributed by atoms with Gasteiger partial charge in [-0.3, -0.25) is 4.90 Å². The zero-order chi connectivity index (χ0) is 11.4. The number of carboxylic acid groups (broad SMARTS) is 1. The summed E-state index contributed by atoms with van der Waals surface area (Å²) in [6.07, 6.45) is 2.86. The van der Waals surface area contributed by atoms with Gasteiger partial charge in [0.2, 0.25) is 0 Å². The van der Waals surface area contributed by atoms with Crippen molar-refractivity contribution in [2.24, 2.45) is 0 Å². The molecule has 1 aromatic heterocycles. The van der Waals surface area contributed by atoms with E-state index in [0.29, 0.717) is 0 Å². The van der Waals surface area contributed by atoms with Gasteiger partial charge in [0.05, 0.1) is 9.83 Å². The van der Waals surface area contributed by atoms with Gasteiger partial charge in [-0.25, -0.2) is 4.79 Å². The van der Waals surface area contributed by atoms with Crippen molar-refractivity contribution in [3.8, 4) is 0 Å². The van der Waals surface area contributed by atoms with Crippen LogP contribution in [0, 0.1) is 0 Å². The molecule has 0 saturated carbocycles. The summed E-state index contributed by atoms with van der Waals surface area (Å²) in [4.78, 5) is 13.5. The minimum atomic E-state index is -0.919. The van der Waals surface area contributed by atoms with E-state index in [1.54, 1.807) is 17.4 Å². The van der Waals surface area contributed by atoms with Gasteiger partial charge >= 0.3 is 5.97 Å². The first-order chi connectivity index (χ1) is 7.00. The number of likely N-dealkylation sites (N-methyl/N-ethyl adjacent to an activating group) is 1. The summed E-state index contributed by atoms with van der Waals surface area (Å²) in [7, 11) is 3.84. The third-order valence-corrected chi connectivity index (χ3v) is 3.56. The monoisotopic (exact) mass is 289 g/mol. The molecule has 1 heterocycles. The number of carboxylic acids is 1. The van der Waals surface area contributed by atoms with Crippen molar-refractivity contribution in [3.05, 3.63) is 32.9 Å². The third kappa shape index (κ3) is 3.77. The SMILES string of the molecule is CN(C)C(/C=C/C(=O)O)c1ccc(Br)s1. The van der Waals surface area contributed by atoms with Crippen LogP contribution >= 0.6 is 27.3 Å². The van der Waals surface area contributed by atoms with Gasteiger partial charge in [-0.1, -0.05) is 6.08 Å². The molecule has 0 aliphatic rings. The Kier molecular flexibility index (Phi) is 4.50. The van der Waals surface area contributed by atoms with Crippen molar-refractivity contribution >= 4 is 33.2 Å². The van der Waals surface area contributed by atoms with Crippen molar-refractivity contribution < 1.29 is 9.90 Å². The summed E-state index contributed by atoms with van der Waals surface area (Å²) in [5.74, 6) is -0.919. The van der Waals surface area contributed by atoms with E-state index in [4.69, 9.17) is 5.11 Å². The van der Waals surface area contributed by atoms with Crippen molar-refractivity contribution in [2.75, 3.05) is 14.1 Å². The summed E-state index contributed by atoms with van der Waals surface area (Å²) in [5, 5.41) is 8.59. The highest BCUT2D eigenvalue weighted by Gasteiger charge is 2.12. The van der Waals surface area contributed by atoms with Gasteiger partial charge in [-0.05, 0) is 42.2 Å². The highest BCUT2D eigenvalue weighted by Crippen LogP contribution is 2.30. The van der Waals surface area contributed by atoms with Crippen molar-refractivity contribution in [3.63, 3.8) is 0 Å². The fourth-order valence-electron chi connectivity index (χ4n) is 1.18. The van der Waals surface area contributed by atoms with E-state index in [-0.39, 0.29) is 6.04 Å². The van der Waals surface area contributed by atoms with Gasteiger partial charge in [0.15, 0.2) is 0 Å². The molecule has 0 saturated heterocycles. The lowest BCUT2D eigenvalue weighted by Gasteiger charge is -2.19. The minimum absolute atomic E-state index is 0.0115. The molecule has 0 aliphatic carbocycles. The van der Waals surface area contributed by atoms with Crippen LogP contribution in [0.15, 0.2) is 28.1 Å². The van der Waals surface area contributed by atoms with Crippen LogP contribution in [-0.4, -0.2) is 30.1 Å². The van der Waals surface area contributed by atoms with Crippen LogP contribution in [0.5, 0.6) is 0 Å². The smallest absolute Gasteiger partial charge is 0.328 e. The Balaban J connectivity index is 2.88. The number of hydrogen-bond acceptors (Lipinski definition) is 3. The summed E-state index contributed by atoms with van der Waals surface area (Å²) in [5.41, 5.74) is 0. The predicted molar refractivity (Wildman–Crippen MR) is 65.2 cm³/mol. The second-order valence-electron chi connectivity index (χ2n) is 3.25. The first-order valence-corrected chi connectivity index (χ1v) is 5.94. The summed E-state index contributed by atoms with van der Waals surface area (Å²) < 4.78 is 1.05. The molecule has 1 aromatic rings. The molecule has 0 aliphatic heterocycles. The standard InChI is InChI=1S/C10H12BrNO2S/c1-12(2)7(3-6-10(13)14)8-4-5-9(11)15-8/h3-7H,1-2H3,(H,13,14)/b6-3+. The van der Waals surface area contributed by atoms with Crippen LogP contribution in [-0.2, 0) is 4.79 Å². The number of nitrogens with zero attached hydrogens (tertiary/aromatic N) is 1. The van der Waals surface area contributed by atoms with E-state index in [0.717, 1.165) is 8.66 Å². The molecule has 1 N–H and O–H groups in total. The van der Waals surface area contributed by atoms with Crippen molar-refractivity contribution in [2.45, 2.75) is 6.04 Å². The van der Waals surface area contributed by atoms with Crippen molar-refractivity contribution in [1.82, 2.24) is 4.90 Å². The number of hydrogen-bond donors (Lipinski definition) is 1. The Morgan fingerprint density at radius 1 is 1.60 bits per heavy atom. The Bertz CT molecular complexity index is 373. The quantitative estimate of drug-likeness (QED) is 0.867. The average Bonchev–Trinajstić information content (AvgIpc) is 2.51. The normalized spacial score (nSPS) is 13.6. The maximum Gasteiger partial charge on any atom is 0.328 e. The van der Waals surface area contributed by atoms with Gasteiger partial charge in [-0.2, -0.15) is 0 Å². The van der Waals surface area contributed by atoms with Crippen LogP contribution in [0.4, 0.5) is 0 Å². The average molecular weight is 290 g/mol. The Morgan fingerprint density at radius 2 is 2.27 bits per heavy atom. The van der Waals surface area contributed by atoms with Crippen LogP contribution < -0.4 is 0 Å². The van der Waals surface area contributed by atoms with Crippen LogP contribution in [0.25, 0.3) is 0 Å². The molecule has 0 aromatic carbocycles. The fraction of sp³-hybridized carbons (Fsp3) is 0.300. The fourth-order valence-corrected chi connectivity index (χ4v) is 2.78. The van der Waals surface area contributed by atoms with E-state index in [1.165, 1.54) is 6.08 Å². The topological polar surface area (TPSA) is 40.5 Å². The Labute approximate surface area is 101 Å². The third-order valence-electron chi connectivity index (χ3n) is 1.86. The number of thiophene rings is 1. The van der Waals surface area contributed by atoms with Gasteiger partial charge < -0.3 is 5.11 Å². The van der Waals surface area contributed by atoms with E-state index < -0.39 is 5.97 Å². The molecule has 0 bridgehead atoms. The lowest BCUT2D eigenvalue weighted by Crippen LogP contribution is -2.17. The van der Waals surface area contributed by atoms with Gasteiger partial charge in [0.25, 0.3) is 0 Å². The number of halogens is 1. The van der Waals surface area contributed by atoms with E-state index in [9.17, 15) is 4.79 Å². The molecule has 5 heteroatoms. The highest BCUT2D eigenvalue weighted by atomic mass is 79.9. The molecule has 1 unspecified atom stereocenters. The number of rotatable bonds is 4. The molecule has 1 atom stereocenters. The predicted octanol–water partition coefficient (Wildman–Crippen LogP) is 2.75. The molecule has 0 fully saturated rings. The molecule has 15 heavy (non-hydrogen) atoms. The molecule has 0 spiro atoms. The molecular weight excluding hydrogens is 278 g/mol. The van der Waals surface area contributed by atoms with E-state index in [2.05, 4.69) is 15.9 Å². The molecule has 0 amide bonds. The molecule has 0 radical (unpaired) electrons. The lowest BCUT2D eigenvalue weighted by molar-refractivity contribution is -0.131. The van der Waals surface area contributed by atoms with Crippen LogP contribution in [0.3, 0.4) is 0 Å². The van der Waals surface area contributed by atoms with Gasteiger partial charge in [0.1, 0.15) is 0 Å². The highest BCUT2D eigenvalue weighted by molar-refractivity contribution is 9.11. The van der Waals surface area contributed by atoms with Crippen LogP contribution in [0.2, 0.25) is 0 Å². The summed E-state index contributed by atoms with van der Waals surface area (Å²) >= 11 is 5.00. The maximum absolute atomic E-state index is 10.5. The molecule has 1 rings (SSSR count). The maximum atomic E-state index is 10.5. The number of carbonyl (C=O) groups is 1. The van der Waals surface area contributed by atoms with Gasteiger partial charge in [-0.15, -0.1) is 11.3 Å². The van der Waals surface area contributed by atoms with E-state index in [1.807, 2.05) is 31.1 Å². The molecule has 82 valence electrons. The number of aliphatic carboxylic acids is 1. The van der Waals surface area contributed by atoms with Crippen molar-refractivity contribution in [1.29, 1.82) is 0 Å². The summed E-state index contributed by atoms with van der Waals surface area (Å²) in [6.45, 7) is 0. The zero-order valence-corrected chi connectivity index (χ0v) is 10.9. The minimum Gasteiger partial charge on any atom is -0.478 e. The van der Waals surface area contributed by atoms with Crippen LogP contribution in [0.1, 0.15) is 10.9 Å². The second kappa shape index (κ2) is 5.44. The Morgan fingerprint density at radius 3 is 2.67 bits per heavy atom. The van der Waals surface area contributed by atoms with Gasteiger partial charge in [0, 0.05) is 11.0 Å². The second-order valence-corrected chi connectivity index (χ2v) is 5.74. The molecular formula is C10H12BrNO2S. The first kappa shape index (κ1) is 12.4. The zero-order valence-electron chi connectivity index (χ0n) is 8.48. The first-order valence-electron chi connectivity index (χ1n) is 4.33. The molecule has 3 nitrogen and oxygen atoms in total.